The molecule has 0 amide bonds. The van der Waals surface area contributed by atoms with Crippen LogP contribution in [0, 0.1) is 18.6 Å². The summed E-state index contributed by atoms with van der Waals surface area (Å²) in [5, 5.41) is 0. The van der Waals surface area contributed by atoms with Gasteiger partial charge in [-0.3, -0.25) is 0 Å². The quantitative estimate of drug-likeness (QED) is 0.918. The molecule has 0 aliphatic carbocycles. The lowest BCUT2D eigenvalue weighted by atomic mass is 10.1. The summed E-state index contributed by atoms with van der Waals surface area (Å²) in [4.78, 5) is 0. The van der Waals surface area contributed by atoms with Gasteiger partial charge in [-0.05, 0) is 48.4 Å². The van der Waals surface area contributed by atoms with E-state index in [0.717, 1.165) is 5.56 Å². The number of hydrogen-bond acceptors (Lipinski definition) is 2. The van der Waals surface area contributed by atoms with E-state index in [-0.39, 0.29) is 18.2 Å². The summed E-state index contributed by atoms with van der Waals surface area (Å²) in [5.41, 5.74) is 7.25. The van der Waals surface area contributed by atoms with Gasteiger partial charge in [0.15, 0.2) is 0 Å². The summed E-state index contributed by atoms with van der Waals surface area (Å²) in [5.74, 6) is 0.000880. The average molecular weight is 263 g/mol. The lowest BCUT2D eigenvalue weighted by Crippen LogP contribution is -2.03. The van der Waals surface area contributed by atoms with Crippen molar-refractivity contribution in [2.45, 2.75) is 20.1 Å². The average Bonchev–Trinajstić information content (AvgIpc) is 2.41. The number of rotatable bonds is 4. The molecule has 0 fully saturated rings. The molecular formula is C15H15F2NO. The first-order valence-corrected chi connectivity index (χ1v) is 5.96. The molecule has 0 aliphatic heterocycles. The van der Waals surface area contributed by atoms with Gasteiger partial charge in [0.25, 0.3) is 0 Å². The highest BCUT2D eigenvalue weighted by atomic mass is 19.1. The molecule has 0 saturated heterocycles. The molecule has 0 heterocycles. The van der Waals surface area contributed by atoms with Crippen LogP contribution in [0.25, 0.3) is 0 Å². The maximum Gasteiger partial charge on any atom is 0.127 e. The van der Waals surface area contributed by atoms with Crippen LogP contribution in [0.4, 0.5) is 8.78 Å². The Hall–Kier alpha value is -1.94. The van der Waals surface area contributed by atoms with Gasteiger partial charge in [-0.15, -0.1) is 0 Å². The third-order valence-corrected chi connectivity index (χ3v) is 2.86. The van der Waals surface area contributed by atoms with Crippen LogP contribution >= 0.6 is 0 Å². The number of ether oxygens (including phenoxy) is 1. The molecule has 2 rings (SSSR count). The van der Waals surface area contributed by atoms with Crippen LogP contribution in [0.15, 0.2) is 36.4 Å². The predicted octanol–water partition coefficient (Wildman–Crippen LogP) is 3.31. The van der Waals surface area contributed by atoms with Crippen molar-refractivity contribution in [2.75, 3.05) is 0 Å². The minimum Gasteiger partial charge on any atom is -0.489 e. The second-order valence-electron chi connectivity index (χ2n) is 4.33. The van der Waals surface area contributed by atoms with Crippen LogP contribution in [-0.4, -0.2) is 0 Å². The van der Waals surface area contributed by atoms with Crippen molar-refractivity contribution in [3.8, 4) is 5.75 Å². The fourth-order valence-corrected chi connectivity index (χ4v) is 1.75. The van der Waals surface area contributed by atoms with E-state index < -0.39 is 0 Å². The highest BCUT2D eigenvalue weighted by Gasteiger charge is 2.04. The molecule has 0 bridgehead atoms. The van der Waals surface area contributed by atoms with Crippen molar-refractivity contribution < 1.29 is 13.5 Å². The van der Waals surface area contributed by atoms with Crippen molar-refractivity contribution in [1.29, 1.82) is 0 Å². The Morgan fingerprint density at radius 1 is 1.05 bits per heavy atom. The minimum atomic E-state index is -0.316. The SMILES string of the molecule is Cc1cc(OCc2ccc(F)c(CN)c2)ccc1F. The fourth-order valence-electron chi connectivity index (χ4n) is 1.75. The topological polar surface area (TPSA) is 35.2 Å². The van der Waals surface area contributed by atoms with Crippen LogP contribution in [-0.2, 0) is 13.2 Å². The first kappa shape index (κ1) is 13.5. The standard InChI is InChI=1S/C15H15F2NO/c1-10-6-13(3-5-14(10)16)19-9-11-2-4-15(17)12(7-11)8-18/h2-7H,8-9,18H2,1H3. The molecule has 0 aromatic heterocycles. The van der Waals surface area contributed by atoms with E-state index in [0.29, 0.717) is 23.5 Å². The summed E-state index contributed by atoms with van der Waals surface area (Å²) in [6.45, 7) is 2.11. The highest BCUT2D eigenvalue weighted by molar-refractivity contribution is 5.30. The monoisotopic (exact) mass is 263 g/mol. The Labute approximate surface area is 110 Å². The van der Waals surface area contributed by atoms with Gasteiger partial charge in [-0.25, -0.2) is 8.78 Å². The van der Waals surface area contributed by atoms with Gasteiger partial charge in [-0.2, -0.15) is 0 Å². The van der Waals surface area contributed by atoms with Crippen molar-refractivity contribution in [2.24, 2.45) is 5.73 Å². The molecule has 19 heavy (non-hydrogen) atoms. The van der Waals surface area contributed by atoms with Gasteiger partial charge >= 0.3 is 0 Å². The number of hydrogen-bond donors (Lipinski definition) is 1. The third-order valence-electron chi connectivity index (χ3n) is 2.86. The van der Waals surface area contributed by atoms with E-state index in [4.69, 9.17) is 10.5 Å². The van der Waals surface area contributed by atoms with Crippen molar-refractivity contribution >= 4 is 0 Å². The lowest BCUT2D eigenvalue weighted by Gasteiger charge is -2.09. The molecule has 0 saturated carbocycles. The van der Waals surface area contributed by atoms with Crippen molar-refractivity contribution in [3.05, 3.63) is 64.7 Å². The molecule has 100 valence electrons. The van der Waals surface area contributed by atoms with Crippen LogP contribution in [0.5, 0.6) is 5.75 Å². The van der Waals surface area contributed by atoms with Gasteiger partial charge in [-0.1, -0.05) is 6.07 Å². The molecule has 0 radical (unpaired) electrons. The van der Waals surface area contributed by atoms with Gasteiger partial charge in [0.2, 0.25) is 0 Å². The lowest BCUT2D eigenvalue weighted by molar-refractivity contribution is 0.305. The molecular weight excluding hydrogens is 248 g/mol. The maximum absolute atomic E-state index is 13.3. The molecule has 0 aliphatic rings. The summed E-state index contributed by atoms with van der Waals surface area (Å²) in [6, 6.07) is 9.24. The molecule has 2 aromatic rings. The number of aryl methyl sites for hydroxylation is 1. The number of nitrogens with two attached hydrogens (primary N) is 1. The zero-order valence-electron chi connectivity index (χ0n) is 10.6. The van der Waals surface area contributed by atoms with Gasteiger partial charge in [0, 0.05) is 12.1 Å². The molecule has 2 aromatic carbocycles. The Kier molecular flexibility index (Phi) is 4.12. The molecule has 2 N–H and O–H groups in total. The Bertz CT molecular complexity index is 584. The summed E-state index contributed by atoms with van der Waals surface area (Å²) < 4.78 is 31.9. The largest absolute Gasteiger partial charge is 0.489 e. The Morgan fingerprint density at radius 3 is 2.47 bits per heavy atom. The normalized spacial score (nSPS) is 10.5. The zero-order valence-corrected chi connectivity index (χ0v) is 10.6. The van der Waals surface area contributed by atoms with Crippen LogP contribution in [0.2, 0.25) is 0 Å². The van der Waals surface area contributed by atoms with Gasteiger partial charge in [0.1, 0.15) is 24.0 Å². The second kappa shape index (κ2) is 5.80. The van der Waals surface area contributed by atoms with E-state index >= 15 is 0 Å². The van der Waals surface area contributed by atoms with E-state index in [9.17, 15) is 8.78 Å². The Balaban J connectivity index is 2.07. The second-order valence-corrected chi connectivity index (χ2v) is 4.33. The van der Waals surface area contributed by atoms with E-state index in [1.54, 1.807) is 31.2 Å². The number of benzene rings is 2. The first-order chi connectivity index (χ1) is 9.10. The van der Waals surface area contributed by atoms with Crippen molar-refractivity contribution in [3.63, 3.8) is 0 Å². The Morgan fingerprint density at radius 2 is 1.79 bits per heavy atom. The van der Waals surface area contributed by atoms with Gasteiger partial charge < -0.3 is 10.5 Å². The van der Waals surface area contributed by atoms with E-state index in [1.807, 2.05) is 0 Å². The zero-order chi connectivity index (χ0) is 13.8. The first-order valence-electron chi connectivity index (χ1n) is 5.96. The molecule has 2 nitrogen and oxygen atoms in total. The maximum atomic E-state index is 13.3. The minimum absolute atomic E-state index is 0.148. The fraction of sp³-hybridized carbons (Fsp3) is 0.200. The summed E-state index contributed by atoms with van der Waals surface area (Å²) in [7, 11) is 0. The predicted molar refractivity (Wildman–Crippen MR) is 69.8 cm³/mol. The number of halogens is 2. The third kappa shape index (κ3) is 3.29. The molecule has 4 heteroatoms. The highest BCUT2D eigenvalue weighted by Crippen LogP contribution is 2.18. The molecule has 0 spiro atoms. The smallest absolute Gasteiger partial charge is 0.127 e. The van der Waals surface area contributed by atoms with E-state index in [1.165, 1.54) is 12.1 Å². The van der Waals surface area contributed by atoms with Crippen LogP contribution in [0.1, 0.15) is 16.7 Å². The summed E-state index contributed by atoms with van der Waals surface area (Å²) >= 11 is 0. The van der Waals surface area contributed by atoms with Crippen LogP contribution < -0.4 is 10.5 Å². The molecule has 0 unspecified atom stereocenters. The van der Waals surface area contributed by atoms with Crippen LogP contribution in [0.3, 0.4) is 0 Å². The summed E-state index contributed by atoms with van der Waals surface area (Å²) in [6.07, 6.45) is 0. The van der Waals surface area contributed by atoms with E-state index in [2.05, 4.69) is 0 Å². The molecule has 0 atom stereocenters. The van der Waals surface area contributed by atoms with Crippen molar-refractivity contribution in [1.82, 2.24) is 0 Å². The van der Waals surface area contributed by atoms with Gasteiger partial charge in [0.05, 0.1) is 0 Å².